The zero-order valence-corrected chi connectivity index (χ0v) is 17.4. The lowest BCUT2D eigenvalue weighted by Gasteiger charge is -2.05. The molecule has 4 heteroatoms. The van der Waals surface area contributed by atoms with Gasteiger partial charge < -0.3 is 14.8 Å². The van der Waals surface area contributed by atoms with Gasteiger partial charge in [-0.25, -0.2) is 0 Å². The molecule has 3 rings (SSSR count). The molecule has 1 N–H and O–H groups in total. The molecule has 1 heterocycles. The molecule has 0 aliphatic carbocycles. The highest BCUT2D eigenvalue weighted by molar-refractivity contribution is 7.19. The number of carbonyl (C=O) groups is 1. The number of hydrogen-bond donors (Lipinski definition) is 1. The molecule has 1 unspecified atom stereocenters. The Morgan fingerprint density at radius 3 is 2.33 bits per heavy atom. The van der Waals surface area contributed by atoms with E-state index in [9.17, 15) is 0 Å². The van der Waals surface area contributed by atoms with Crippen LogP contribution in [0, 0.1) is 0 Å². The molecule has 1 atom stereocenters. The highest BCUT2D eigenvalue weighted by Gasteiger charge is 2.08. The second-order valence-corrected chi connectivity index (χ2v) is 7.46. The normalized spacial score (nSPS) is 11.6. The highest BCUT2D eigenvalue weighted by atomic mass is 32.1. The molecule has 2 aromatic carbocycles. The quantitative estimate of drug-likeness (QED) is 0.542. The van der Waals surface area contributed by atoms with E-state index in [4.69, 9.17) is 9.53 Å². The molecule has 0 saturated heterocycles. The first kappa shape index (κ1) is 21.1. The molecular weight excluding hydrogens is 354 g/mol. The van der Waals surface area contributed by atoms with Gasteiger partial charge in [0.2, 0.25) is 0 Å². The fourth-order valence-electron chi connectivity index (χ4n) is 2.81. The van der Waals surface area contributed by atoms with Crippen molar-refractivity contribution in [2.45, 2.75) is 39.7 Å². The maximum absolute atomic E-state index is 8.81. The number of aldehydes is 1. The van der Waals surface area contributed by atoms with Gasteiger partial charge in [-0.05, 0) is 81.4 Å². The van der Waals surface area contributed by atoms with Crippen molar-refractivity contribution in [1.29, 1.82) is 0 Å². The van der Waals surface area contributed by atoms with Crippen LogP contribution in [0.2, 0.25) is 0 Å². The summed E-state index contributed by atoms with van der Waals surface area (Å²) in [6.07, 6.45) is 2.88. The molecular formula is C23H29NO2S. The van der Waals surface area contributed by atoms with E-state index < -0.39 is 0 Å². The van der Waals surface area contributed by atoms with Crippen molar-refractivity contribution < 1.29 is 9.53 Å². The van der Waals surface area contributed by atoms with E-state index >= 15 is 0 Å². The smallest absolute Gasteiger partial charge is 0.119 e. The summed E-state index contributed by atoms with van der Waals surface area (Å²) in [6, 6.07) is 18.0. The summed E-state index contributed by atoms with van der Waals surface area (Å²) in [5.41, 5.74) is 2.76. The van der Waals surface area contributed by atoms with Crippen LogP contribution in [0.1, 0.15) is 42.8 Å². The lowest BCUT2D eigenvalue weighted by molar-refractivity contribution is -0.106. The summed E-state index contributed by atoms with van der Waals surface area (Å²) in [7, 11) is 2.01. The van der Waals surface area contributed by atoms with E-state index in [1.807, 2.05) is 25.3 Å². The molecule has 0 bridgehead atoms. The summed E-state index contributed by atoms with van der Waals surface area (Å²) in [6.45, 7) is 6.38. The van der Waals surface area contributed by atoms with Crippen LogP contribution in [0.5, 0.6) is 5.75 Å². The molecule has 0 aliphatic heterocycles. The predicted molar refractivity (Wildman–Crippen MR) is 116 cm³/mol. The van der Waals surface area contributed by atoms with Gasteiger partial charge in [-0.15, -0.1) is 11.3 Å². The van der Waals surface area contributed by atoms with Gasteiger partial charge >= 0.3 is 0 Å². The number of carbonyl (C=O) groups excluding carboxylic acids is 1. The van der Waals surface area contributed by atoms with Gasteiger partial charge in [0.15, 0.2) is 0 Å². The molecule has 3 nitrogen and oxygen atoms in total. The molecule has 27 heavy (non-hydrogen) atoms. The number of ether oxygens (including phenoxy) is 1. The molecule has 0 amide bonds. The molecule has 0 radical (unpaired) electrons. The van der Waals surface area contributed by atoms with Crippen molar-refractivity contribution in [3.8, 4) is 5.75 Å². The van der Waals surface area contributed by atoms with Crippen molar-refractivity contribution in [3.05, 3.63) is 64.5 Å². The molecule has 1 aromatic heterocycles. The Balaban J connectivity index is 0.000000817. The average Bonchev–Trinajstić information content (AvgIpc) is 3.11. The van der Waals surface area contributed by atoms with Crippen LogP contribution < -0.4 is 10.1 Å². The van der Waals surface area contributed by atoms with Crippen LogP contribution in [-0.4, -0.2) is 19.9 Å². The Labute approximate surface area is 166 Å². The van der Waals surface area contributed by atoms with E-state index in [0.717, 1.165) is 24.9 Å². The van der Waals surface area contributed by atoms with Gasteiger partial charge in [0, 0.05) is 15.6 Å². The van der Waals surface area contributed by atoms with E-state index in [1.54, 1.807) is 0 Å². The van der Waals surface area contributed by atoms with Crippen LogP contribution in [0.25, 0.3) is 10.1 Å². The number of benzene rings is 2. The van der Waals surface area contributed by atoms with Crippen molar-refractivity contribution in [3.63, 3.8) is 0 Å². The second kappa shape index (κ2) is 10.9. The molecule has 3 aromatic rings. The topological polar surface area (TPSA) is 38.3 Å². The van der Waals surface area contributed by atoms with Crippen molar-refractivity contribution in [1.82, 2.24) is 5.32 Å². The SMILES string of the molecule is CC=O.CCOc1ccc(CCc2ccc3cc(C(C)NC)sc3c2)cc1. The minimum absolute atomic E-state index is 0.412. The van der Waals surface area contributed by atoms with Crippen molar-refractivity contribution in [2.75, 3.05) is 13.7 Å². The van der Waals surface area contributed by atoms with Crippen LogP contribution in [0.4, 0.5) is 0 Å². The fraction of sp³-hybridized carbons (Fsp3) is 0.348. The van der Waals surface area contributed by atoms with Gasteiger partial charge in [-0.3, -0.25) is 0 Å². The molecule has 144 valence electrons. The summed E-state index contributed by atoms with van der Waals surface area (Å²) in [5, 5.41) is 4.67. The molecule has 0 aliphatic rings. The summed E-state index contributed by atoms with van der Waals surface area (Å²) < 4.78 is 6.88. The minimum Gasteiger partial charge on any atom is -0.494 e. The first-order valence-corrected chi connectivity index (χ1v) is 10.2. The van der Waals surface area contributed by atoms with Crippen LogP contribution in [0.15, 0.2) is 48.5 Å². The highest BCUT2D eigenvalue weighted by Crippen LogP contribution is 2.30. The number of thiophene rings is 1. The van der Waals surface area contributed by atoms with Gasteiger partial charge in [0.25, 0.3) is 0 Å². The largest absolute Gasteiger partial charge is 0.494 e. The Hall–Kier alpha value is -2.17. The Bertz CT molecular complexity index is 839. The number of fused-ring (bicyclic) bond motifs is 1. The third-order valence-electron chi connectivity index (χ3n) is 4.40. The zero-order valence-electron chi connectivity index (χ0n) is 16.6. The summed E-state index contributed by atoms with van der Waals surface area (Å²) >= 11 is 1.89. The predicted octanol–water partition coefficient (Wildman–Crippen LogP) is 5.57. The van der Waals surface area contributed by atoms with Gasteiger partial charge in [0.1, 0.15) is 12.0 Å². The number of aryl methyl sites for hydroxylation is 2. The van der Waals surface area contributed by atoms with Crippen LogP contribution >= 0.6 is 11.3 Å². The second-order valence-electron chi connectivity index (χ2n) is 6.34. The standard InChI is InChI=1S/C21H25NOS.C2H4O/c1-4-23-19-11-8-16(9-12-19)5-6-17-7-10-18-14-20(15(2)22-3)24-21(18)13-17;1-2-3/h7-15,22H,4-6H2,1-3H3;2H,1H3. The lowest BCUT2D eigenvalue weighted by Crippen LogP contribution is -2.10. The number of rotatable bonds is 7. The zero-order chi connectivity index (χ0) is 19.6. The van der Waals surface area contributed by atoms with E-state index in [1.165, 1.54) is 33.0 Å². The summed E-state index contributed by atoms with van der Waals surface area (Å²) in [4.78, 5) is 10.2. The Morgan fingerprint density at radius 1 is 1.07 bits per heavy atom. The van der Waals surface area contributed by atoms with E-state index in [0.29, 0.717) is 12.6 Å². The Kier molecular flexibility index (Phi) is 8.49. The van der Waals surface area contributed by atoms with Gasteiger partial charge in [-0.1, -0.05) is 24.3 Å². The summed E-state index contributed by atoms with van der Waals surface area (Å²) in [5.74, 6) is 0.951. The number of hydrogen-bond acceptors (Lipinski definition) is 4. The third kappa shape index (κ3) is 6.19. The number of nitrogens with one attached hydrogen (secondary N) is 1. The molecule has 0 saturated carbocycles. The van der Waals surface area contributed by atoms with Crippen LogP contribution in [0.3, 0.4) is 0 Å². The van der Waals surface area contributed by atoms with E-state index in [-0.39, 0.29) is 0 Å². The average molecular weight is 384 g/mol. The lowest BCUT2D eigenvalue weighted by atomic mass is 10.0. The Morgan fingerprint density at radius 2 is 1.70 bits per heavy atom. The van der Waals surface area contributed by atoms with Gasteiger partial charge in [-0.2, -0.15) is 0 Å². The van der Waals surface area contributed by atoms with Crippen molar-refractivity contribution in [2.24, 2.45) is 0 Å². The first-order chi connectivity index (χ1) is 13.1. The maximum Gasteiger partial charge on any atom is 0.119 e. The fourth-order valence-corrected chi connectivity index (χ4v) is 4.00. The maximum atomic E-state index is 8.81. The molecule has 0 fully saturated rings. The first-order valence-electron chi connectivity index (χ1n) is 9.42. The monoisotopic (exact) mass is 383 g/mol. The molecule has 0 spiro atoms. The van der Waals surface area contributed by atoms with Crippen LogP contribution in [-0.2, 0) is 17.6 Å². The third-order valence-corrected chi connectivity index (χ3v) is 5.68. The van der Waals surface area contributed by atoms with Crippen molar-refractivity contribution >= 4 is 27.7 Å². The minimum atomic E-state index is 0.412. The van der Waals surface area contributed by atoms with Gasteiger partial charge in [0.05, 0.1) is 6.61 Å². The van der Waals surface area contributed by atoms with E-state index in [2.05, 4.69) is 60.8 Å².